The molecule has 1 aromatic heterocycles. The summed E-state index contributed by atoms with van der Waals surface area (Å²) in [6, 6.07) is 6.41. The van der Waals surface area contributed by atoms with E-state index in [4.69, 9.17) is 21.8 Å². The molecule has 132 valence electrons. The summed E-state index contributed by atoms with van der Waals surface area (Å²) in [5, 5.41) is 3.20. The van der Waals surface area contributed by atoms with Crippen LogP contribution in [0.4, 0.5) is 5.69 Å². The minimum atomic E-state index is -0.349. The Morgan fingerprint density at radius 3 is 2.80 bits per heavy atom. The van der Waals surface area contributed by atoms with Crippen LogP contribution in [0.25, 0.3) is 0 Å². The lowest BCUT2D eigenvalue weighted by Crippen LogP contribution is -2.45. The molecule has 0 bridgehead atoms. The quantitative estimate of drug-likeness (QED) is 0.879. The van der Waals surface area contributed by atoms with Gasteiger partial charge in [-0.25, -0.2) is 0 Å². The molecule has 1 unspecified atom stereocenters. The van der Waals surface area contributed by atoms with E-state index in [0.29, 0.717) is 40.7 Å². The summed E-state index contributed by atoms with van der Waals surface area (Å²) in [5.41, 5.74) is 7.16. The van der Waals surface area contributed by atoms with Crippen molar-refractivity contribution in [3.05, 3.63) is 52.4 Å². The number of nitrogens with two attached hydrogens (primary N) is 1. The minimum Gasteiger partial charge on any atom is -0.469 e. The molecule has 1 atom stereocenters. The van der Waals surface area contributed by atoms with Gasteiger partial charge in [0, 0.05) is 24.2 Å². The summed E-state index contributed by atoms with van der Waals surface area (Å²) in [6.07, 6.45) is 3.23. The van der Waals surface area contributed by atoms with Gasteiger partial charge in [0.1, 0.15) is 5.76 Å². The van der Waals surface area contributed by atoms with Crippen LogP contribution in [-0.4, -0.2) is 35.8 Å². The van der Waals surface area contributed by atoms with E-state index in [2.05, 4.69) is 5.32 Å². The molecule has 1 aliphatic rings. The Bertz CT molecular complexity index is 803. The van der Waals surface area contributed by atoms with Crippen LogP contribution in [-0.2, 0) is 0 Å². The normalized spacial score (nSPS) is 17.4. The highest BCUT2D eigenvalue weighted by Gasteiger charge is 2.25. The van der Waals surface area contributed by atoms with Gasteiger partial charge in [0.2, 0.25) is 0 Å². The number of nitrogens with zero attached hydrogens (tertiary/aromatic N) is 1. The average molecular weight is 362 g/mol. The second kappa shape index (κ2) is 7.29. The van der Waals surface area contributed by atoms with Gasteiger partial charge in [-0.15, -0.1) is 0 Å². The first-order valence-electron chi connectivity index (χ1n) is 8.15. The predicted molar refractivity (Wildman–Crippen MR) is 96.0 cm³/mol. The zero-order valence-corrected chi connectivity index (χ0v) is 14.7. The van der Waals surface area contributed by atoms with Gasteiger partial charge in [-0.2, -0.15) is 0 Å². The summed E-state index contributed by atoms with van der Waals surface area (Å²) < 4.78 is 5.16. The van der Waals surface area contributed by atoms with Gasteiger partial charge in [-0.05, 0) is 44.0 Å². The topological polar surface area (TPSA) is 88.6 Å². The van der Waals surface area contributed by atoms with Crippen LogP contribution in [0.1, 0.15) is 39.3 Å². The Kier molecular flexibility index (Phi) is 5.11. The van der Waals surface area contributed by atoms with E-state index in [0.717, 1.165) is 12.8 Å². The zero-order chi connectivity index (χ0) is 18.0. The van der Waals surface area contributed by atoms with Crippen molar-refractivity contribution in [2.24, 2.45) is 5.73 Å². The molecule has 3 N–H and O–H groups in total. The Morgan fingerprint density at radius 1 is 1.32 bits per heavy atom. The third-order valence-corrected chi connectivity index (χ3v) is 4.54. The number of carbonyl (C=O) groups is 2. The van der Waals surface area contributed by atoms with Crippen LogP contribution in [0.15, 0.2) is 34.9 Å². The largest absolute Gasteiger partial charge is 0.469 e. The number of anilines is 1. The Balaban J connectivity index is 1.86. The van der Waals surface area contributed by atoms with E-state index in [1.807, 2.05) is 0 Å². The SMILES string of the molecule is Cc1occc1C(=O)Nc1cc(Cl)ccc1C(=O)N1CCCC(N)C1. The van der Waals surface area contributed by atoms with Gasteiger partial charge in [-0.3, -0.25) is 9.59 Å². The maximum atomic E-state index is 12.9. The molecule has 25 heavy (non-hydrogen) atoms. The van der Waals surface area contributed by atoms with E-state index < -0.39 is 0 Å². The highest BCUT2D eigenvalue weighted by molar-refractivity contribution is 6.31. The number of likely N-dealkylation sites (tertiary alicyclic amines) is 1. The molecule has 1 aromatic carbocycles. The lowest BCUT2D eigenvalue weighted by molar-refractivity contribution is 0.0710. The zero-order valence-electron chi connectivity index (χ0n) is 13.9. The molecule has 1 aliphatic heterocycles. The van der Waals surface area contributed by atoms with Gasteiger partial charge in [0.15, 0.2) is 0 Å². The average Bonchev–Trinajstić information content (AvgIpc) is 3.00. The third-order valence-electron chi connectivity index (χ3n) is 4.31. The van der Waals surface area contributed by atoms with Crippen LogP contribution in [0.2, 0.25) is 5.02 Å². The lowest BCUT2D eigenvalue weighted by atomic mass is 10.0. The van der Waals surface area contributed by atoms with E-state index in [9.17, 15) is 9.59 Å². The number of hydrogen-bond donors (Lipinski definition) is 2. The van der Waals surface area contributed by atoms with Crippen LogP contribution < -0.4 is 11.1 Å². The highest BCUT2D eigenvalue weighted by Crippen LogP contribution is 2.25. The summed E-state index contributed by atoms with van der Waals surface area (Å²) in [6.45, 7) is 2.87. The number of nitrogens with one attached hydrogen (secondary N) is 1. The van der Waals surface area contributed by atoms with Gasteiger partial charge in [0.05, 0.1) is 23.1 Å². The fraction of sp³-hybridized carbons (Fsp3) is 0.333. The Morgan fingerprint density at radius 2 is 2.12 bits per heavy atom. The predicted octanol–water partition coefficient (Wildman–Crippen LogP) is 3.06. The smallest absolute Gasteiger partial charge is 0.259 e. The molecule has 1 fully saturated rings. The molecule has 0 radical (unpaired) electrons. The van der Waals surface area contributed by atoms with E-state index in [-0.39, 0.29) is 17.9 Å². The van der Waals surface area contributed by atoms with Gasteiger partial charge in [0.25, 0.3) is 11.8 Å². The molecule has 2 amide bonds. The summed E-state index contributed by atoms with van der Waals surface area (Å²) in [4.78, 5) is 27.0. The maximum absolute atomic E-state index is 12.9. The Labute approximate surface area is 150 Å². The van der Waals surface area contributed by atoms with Crippen molar-refractivity contribution < 1.29 is 14.0 Å². The number of rotatable bonds is 3. The van der Waals surface area contributed by atoms with Gasteiger partial charge < -0.3 is 20.4 Å². The van der Waals surface area contributed by atoms with Crippen molar-refractivity contribution in [2.45, 2.75) is 25.8 Å². The van der Waals surface area contributed by atoms with E-state index in [1.165, 1.54) is 6.26 Å². The molecule has 0 spiro atoms. The van der Waals surface area contributed by atoms with Crippen LogP contribution in [0, 0.1) is 6.92 Å². The molecule has 0 saturated carbocycles. The van der Waals surface area contributed by atoms with Crippen molar-refractivity contribution >= 4 is 29.1 Å². The second-order valence-corrected chi connectivity index (χ2v) is 6.62. The number of benzene rings is 1. The van der Waals surface area contributed by atoms with Crippen molar-refractivity contribution in [1.29, 1.82) is 0 Å². The number of aryl methyl sites for hydroxylation is 1. The maximum Gasteiger partial charge on any atom is 0.259 e. The monoisotopic (exact) mass is 361 g/mol. The van der Waals surface area contributed by atoms with Crippen LogP contribution >= 0.6 is 11.6 Å². The summed E-state index contributed by atoms with van der Waals surface area (Å²) >= 11 is 6.06. The number of amides is 2. The molecule has 1 saturated heterocycles. The molecule has 3 rings (SSSR count). The molecule has 2 aromatic rings. The number of carbonyl (C=O) groups excluding carboxylic acids is 2. The first-order chi connectivity index (χ1) is 12.0. The molecule has 6 nitrogen and oxygen atoms in total. The number of furan rings is 1. The van der Waals surface area contributed by atoms with Crippen molar-refractivity contribution in [3.8, 4) is 0 Å². The third kappa shape index (κ3) is 3.86. The van der Waals surface area contributed by atoms with E-state index >= 15 is 0 Å². The van der Waals surface area contributed by atoms with Crippen LogP contribution in [0.3, 0.4) is 0 Å². The molecular formula is C18H20ClN3O3. The van der Waals surface area contributed by atoms with Crippen molar-refractivity contribution in [2.75, 3.05) is 18.4 Å². The van der Waals surface area contributed by atoms with Crippen LogP contribution in [0.5, 0.6) is 0 Å². The Hall–Kier alpha value is -2.31. The summed E-state index contributed by atoms with van der Waals surface area (Å²) in [5.74, 6) is -0.00152. The molecule has 7 heteroatoms. The van der Waals surface area contributed by atoms with Crippen molar-refractivity contribution in [3.63, 3.8) is 0 Å². The van der Waals surface area contributed by atoms with Gasteiger partial charge >= 0.3 is 0 Å². The fourth-order valence-corrected chi connectivity index (χ4v) is 3.15. The highest BCUT2D eigenvalue weighted by atomic mass is 35.5. The second-order valence-electron chi connectivity index (χ2n) is 6.19. The number of halogens is 1. The number of piperidine rings is 1. The molecular weight excluding hydrogens is 342 g/mol. The first kappa shape index (κ1) is 17.5. The minimum absolute atomic E-state index is 0.0170. The lowest BCUT2D eigenvalue weighted by Gasteiger charge is -2.31. The molecule has 2 heterocycles. The van der Waals surface area contributed by atoms with Gasteiger partial charge in [-0.1, -0.05) is 11.6 Å². The molecule has 0 aliphatic carbocycles. The first-order valence-corrected chi connectivity index (χ1v) is 8.53. The standard InChI is InChI=1S/C18H20ClN3O3/c1-11-14(6-8-25-11)17(23)21-16-9-12(19)4-5-15(16)18(24)22-7-2-3-13(20)10-22/h4-6,8-9,13H,2-3,7,10,20H2,1H3,(H,21,23). The van der Waals surface area contributed by atoms with E-state index in [1.54, 1.807) is 36.1 Å². The summed E-state index contributed by atoms with van der Waals surface area (Å²) in [7, 11) is 0. The fourth-order valence-electron chi connectivity index (χ4n) is 2.98. The number of hydrogen-bond acceptors (Lipinski definition) is 4. The van der Waals surface area contributed by atoms with Crippen molar-refractivity contribution in [1.82, 2.24) is 4.90 Å².